The Morgan fingerprint density at radius 1 is 0.774 bits per heavy atom. The Morgan fingerprint density at radius 2 is 1.13 bits per heavy atom. The Hall–Kier alpha value is -0.0500. The van der Waals surface area contributed by atoms with Gasteiger partial charge in [0, 0.05) is 82.7 Å². The number of halogens is 1. The van der Waals surface area contributed by atoms with Crippen LogP contribution in [0.4, 0.5) is 0 Å². The van der Waals surface area contributed by atoms with E-state index >= 15 is 0 Å². The van der Waals surface area contributed by atoms with Crippen LogP contribution in [0.2, 0.25) is 0 Å². The summed E-state index contributed by atoms with van der Waals surface area (Å²) in [5, 5.41) is 8.61. The molecule has 2 aliphatic heterocycles. The van der Waals surface area contributed by atoms with Gasteiger partial charge in [0.15, 0.2) is 0 Å². The lowest BCUT2D eigenvalue weighted by Gasteiger charge is -2.32. The quantitative estimate of drug-likeness (QED) is 0.259. The molecule has 0 aromatic heterocycles. The molecule has 0 atom stereocenters. The molecule has 2 saturated heterocycles. The van der Waals surface area contributed by atoms with Crippen molar-refractivity contribution in [1.82, 2.24) is 19.6 Å². The average Bonchev–Trinajstić information content (AvgIpc) is 2.65. The van der Waals surface area contributed by atoms with Gasteiger partial charge in [-0.3, -0.25) is 4.18 Å². The highest BCUT2D eigenvalue weighted by molar-refractivity contribution is 8.13. The molecule has 188 valence electrons. The summed E-state index contributed by atoms with van der Waals surface area (Å²) in [5.74, 6) is 0. The van der Waals surface area contributed by atoms with Crippen molar-refractivity contribution < 1.29 is 26.1 Å². The molecule has 0 spiro atoms. The molecule has 0 saturated carbocycles. The minimum Gasteiger partial charge on any atom is -0.396 e. The maximum Gasteiger partial charge on any atom is 0.264 e. The molecule has 13 heteroatoms. The zero-order valence-electron chi connectivity index (χ0n) is 19.4. The average molecular weight is 509 g/mol. The van der Waals surface area contributed by atoms with Crippen molar-refractivity contribution in [3.05, 3.63) is 0 Å². The molecule has 0 bridgehead atoms. The third-order valence-corrected chi connectivity index (χ3v) is 5.34. The molecule has 2 rings (SSSR count). The van der Waals surface area contributed by atoms with Crippen LogP contribution in [0, 0.1) is 0 Å². The first-order chi connectivity index (χ1) is 14.3. The number of hydrogen-bond donors (Lipinski definition) is 1. The van der Waals surface area contributed by atoms with Gasteiger partial charge in [0.2, 0.25) is 9.05 Å². The van der Waals surface area contributed by atoms with Crippen molar-refractivity contribution in [3.8, 4) is 0 Å². The lowest BCUT2D eigenvalue weighted by molar-refractivity contribution is 0.143. The van der Waals surface area contributed by atoms with E-state index in [-0.39, 0.29) is 0 Å². The van der Waals surface area contributed by atoms with Crippen molar-refractivity contribution in [1.29, 1.82) is 0 Å². The Labute approximate surface area is 193 Å². The largest absolute Gasteiger partial charge is 0.396 e. The topological polar surface area (TPSA) is 111 Å². The fourth-order valence-corrected chi connectivity index (χ4v) is 3.36. The second-order valence-corrected chi connectivity index (χ2v) is 12.6. The van der Waals surface area contributed by atoms with Crippen LogP contribution < -0.4 is 0 Å². The molecule has 2 fully saturated rings. The van der Waals surface area contributed by atoms with E-state index in [0.29, 0.717) is 13.2 Å². The summed E-state index contributed by atoms with van der Waals surface area (Å²) < 4.78 is 44.8. The Bertz CT molecular complexity index is 639. The van der Waals surface area contributed by atoms with Crippen molar-refractivity contribution in [3.63, 3.8) is 0 Å². The molecule has 31 heavy (non-hydrogen) atoms. The minimum absolute atomic E-state index is 0.297. The molecule has 1 N–H and O–H groups in total. The van der Waals surface area contributed by atoms with Gasteiger partial charge in [0.25, 0.3) is 10.1 Å². The maximum absolute atomic E-state index is 10.7. The molecule has 0 aromatic rings. The summed E-state index contributed by atoms with van der Waals surface area (Å²) >= 11 is 0. The second-order valence-electron chi connectivity index (χ2n) is 7.93. The van der Waals surface area contributed by atoms with Gasteiger partial charge < -0.3 is 24.7 Å². The van der Waals surface area contributed by atoms with E-state index in [1.807, 2.05) is 0 Å². The van der Waals surface area contributed by atoms with Crippen LogP contribution in [0.25, 0.3) is 0 Å². The van der Waals surface area contributed by atoms with E-state index in [2.05, 4.69) is 48.6 Å². The fraction of sp³-hybridized carbons (Fsp3) is 1.00. The summed E-state index contributed by atoms with van der Waals surface area (Å²) in [6, 6.07) is 0. The summed E-state index contributed by atoms with van der Waals surface area (Å²) in [7, 11) is 2.32. The number of aliphatic hydroxyl groups is 1. The first kappa shape index (κ1) is 30.9. The monoisotopic (exact) mass is 508 g/mol. The van der Waals surface area contributed by atoms with Crippen molar-refractivity contribution in [2.24, 2.45) is 0 Å². The van der Waals surface area contributed by atoms with E-state index in [1.165, 1.54) is 13.1 Å². The molecule has 0 amide bonds. The summed E-state index contributed by atoms with van der Waals surface area (Å²) in [5.41, 5.74) is 0. The SMILES string of the molecule is CN1CCN(CCCO)CC1.CN1CCN(CCCOS(C)(=O)=O)CC1.CS(=O)(=O)Cl. The van der Waals surface area contributed by atoms with E-state index in [9.17, 15) is 16.8 Å². The van der Waals surface area contributed by atoms with Crippen molar-refractivity contribution in [2.45, 2.75) is 12.8 Å². The molecule has 0 unspecified atom stereocenters. The molecule has 0 radical (unpaired) electrons. The van der Waals surface area contributed by atoms with Gasteiger partial charge in [-0.05, 0) is 26.9 Å². The number of likely N-dealkylation sites (N-methyl/N-ethyl adjacent to an activating group) is 2. The van der Waals surface area contributed by atoms with Crippen LogP contribution in [0.3, 0.4) is 0 Å². The van der Waals surface area contributed by atoms with Crippen molar-refractivity contribution in [2.75, 3.05) is 105 Å². The van der Waals surface area contributed by atoms with Gasteiger partial charge >= 0.3 is 0 Å². The molecule has 2 heterocycles. The van der Waals surface area contributed by atoms with E-state index < -0.39 is 19.2 Å². The van der Waals surface area contributed by atoms with E-state index in [1.54, 1.807) is 0 Å². The highest BCUT2D eigenvalue weighted by atomic mass is 35.7. The lowest BCUT2D eigenvalue weighted by atomic mass is 10.3. The Balaban J connectivity index is 0.000000492. The van der Waals surface area contributed by atoms with Gasteiger partial charge in [-0.2, -0.15) is 8.42 Å². The van der Waals surface area contributed by atoms with Crippen LogP contribution in [0.5, 0.6) is 0 Å². The van der Waals surface area contributed by atoms with Gasteiger partial charge in [-0.25, -0.2) is 8.42 Å². The summed E-state index contributed by atoms with van der Waals surface area (Å²) in [6.07, 6.45) is 3.71. The number of rotatable bonds is 8. The standard InChI is InChI=1S/C9H20N2O3S.C8H18N2O.CH3ClO2S/c1-10-5-7-11(8-6-10)4-3-9-14-15(2,12)13;1-9-4-6-10(7-5-9)3-2-8-11;1-5(2,3)4/h3-9H2,1-2H3;11H,2-8H2,1H3;1H3. The van der Waals surface area contributed by atoms with Gasteiger partial charge in [-0.15, -0.1) is 0 Å². The predicted molar refractivity (Wildman–Crippen MR) is 126 cm³/mol. The van der Waals surface area contributed by atoms with Crippen LogP contribution >= 0.6 is 10.7 Å². The minimum atomic E-state index is -3.26. The van der Waals surface area contributed by atoms with Gasteiger partial charge in [-0.1, -0.05) is 0 Å². The smallest absolute Gasteiger partial charge is 0.264 e. The van der Waals surface area contributed by atoms with Crippen LogP contribution in [-0.2, 0) is 23.4 Å². The maximum atomic E-state index is 10.7. The molecule has 2 aliphatic rings. The third-order valence-electron chi connectivity index (χ3n) is 4.74. The normalized spacial score (nSPS) is 19.8. The number of piperazine rings is 2. The highest BCUT2D eigenvalue weighted by Gasteiger charge is 2.13. The van der Waals surface area contributed by atoms with E-state index in [4.69, 9.17) is 5.11 Å². The number of nitrogens with zero attached hydrogens (tertiary/aromatic N) is 4. The van der Waals surface area contributed by atoms with Crippen LogP contribution in [-0.4, -0.2) is 147 Å². The predicted octanol–water partition coefficient (Wildman–Crippen LogP) is -0.599. The highest BCUT2D eigenvalue weighted by Crippen LogP contribution is 2.01. The van der Waals surface area contributed by atoms with Crippen LogP contribution in [0.15, 0.2) is 0 Å². The Kier molecular flexibility index (Phi) is 16.5. The molecule has 0 aliphatic carbocycles. The van der Waals surface area contributed by atoms with E-state index in [0.717, 1.165) is 77.7 Å². The van der Waals surface area contributed by atoms with Crippen LogP contribution in [0.1, 0.15) is 12.8 Å². The van der Waals surface area contributed by atoms with Crippen molar-refractivity contribution >= 4 is 29.9 Å². The lowest BCUT2D eigenvalue weighted by Crippen LogP contribution is -2.44. The summed E-state index contributed by atoms with van der Waals surface area (Å²) in [6.45, 7) is 11.6. The number of aliphatic hydroxyl groups excluding tert-OH is 1. The molecular formula is C18H41ClN4O6S2. The zero-order valence-corrected chi connectivity index (χ0v) is 21.8. The zero-order chi connectivity index (χ0) is 23.9. The first-order valence-corrected chi connectivity index (χ1v) is 15.0. The van der Waals surface area contributed by atoms with Gasteiger partial charge in [0.05, 0.1) is 19.1 Å². The Morgan fingerprint density at radius 3 is 1.45 bits per heavy atom. The number of hydrogen-bond acceptors (Lipinski definition) is 10. The second kappa shape index (κ2) is 16.5. The molecule has 0 aromatic carbocycles. The van der Waals surface area contributed by atoms with Gasteiger partial charge in [0.1, 0.15) is 0 Å². The fourth-order valence-electron chi connectivity index (χ4n) is 2.94. The third kappa shape index (κ3) is 22.9. The molecular weight excluding hydrogens is 468 g/mol. The molecule has 10 nitrogen and oxygen atoms in total. The summed E-state index contributed by atoms with van der Waals surface area (Å²) in [4.78, 5) is 9.39. The first-order valence-electron chi connectivity index (χ1n) is 10.5.